The number of carboxylic acid groups (broad SMARTS) is 1. The number of benzene rings is 2. The van der Waals surface area contributed by atoms with Crippen LogP contribution in [-0.2, 0) is 39.2 Å². The second-order valence-electron chi connectivity index (χ2n) is 8.67. The van der Waals surface area contributed by atoms with Gasteiger partial charge in [-0.05, 0) is 61.6 Å². The van der Waals surface area contributed by atoms with Crippen LogP contribution in [0.5, 0.6) is 5.75 Å². The number of nitrogens with zero attached hydrogens (tertiary/aromatic N) is 1. The SMILES string of the molecule is CCc1cc(SCc2sc(-c3ccc(C(F)(F)F)cc3)nc2COC2CCCCO2)ccc1OCC(=O)O. The zero-order valence-corrected chi connectivity index (χ0v) is 22.4. The topological polar surface area (TPSA) is 77.9 Å². The van der Waals surface area contributed by atoms with Gasteiger partial charge in [-0.15, -0.1) is 23.1 Å². The van der Waals surface area contributed by atoms with Crippen LogP contribution >= 0.6 is 23.1 Å². The molecule has 0 aliphatic carbocycles. The average molecular weight is 568 g/mol. The van der Waals surface area contributed by atoms with E-state index in [0.29, 0.717) is 35.1 Å². The minimum absolute atomic E-state index is 0.250. The van der Waals surface area contributed by atoms with Gasteiger partial charge in [-0.3, -0.25) is 0 Å². The van der Waals surface area contributed by atoms with E-state index in [1.165, 1.54) is 23.5 Å². The summed E-state index contributed by atoms with van der Waals surface area (Å²) in [4.78, 5) is 17.5. The summed E-state index contributed by atoms with van der Waals surface area (Å²) in [5.41, 5.74) is 1.56. The molecule has 1 aromatic heterocycles. The molecule has 1 aliphatic heterocycles. The van der Waals surface area contributed by atoms with Crippen LogP contribution in [0.2, 0.25) is 0 Å². The first-order valence-electron chi connectivity index (χ1n) is 12.2. The van der Waals surface area contributed by atoms with Gasteiger partial charge >= 0.3 is 12.1 Å². The van der Waals surface area contributed by atoms with Crippen LogP contribution in [0.15, 0.2) is 47.4 Å². The molecule has 1 fully saturated rings. The maximum atomic E-state index is 13.0. The van der Waals surface area contributed by atoms with E-state index in [9.17, 15) is 18.0 Å². The van der Waals surface area contributed by atoms with Crippen molar-refractivity contribution in [2.24, 2.45) is 0 Å². The Morgan fingerprint density at radius 3 is 2.66 bits per heavy atom. The Morgan fingerprint density at radius 1 is 1.21 bits per heavy atom. The van der Waals surface area contributed by atoms with Gasteiger partial charge in [-0.2, -0.15) is 13.2 Å². The molecule has 38 heavy (non-hydrogen) atoms. The van der Waals surface area contributed by atoms with Gasteiger partial charge in [-0.1, -0.05) is 19.1 Å². The van der Waals surface area contributed by atoms with Crippen molar-refractivity contribution in [2.45, 2.75) is 62.3 Å². The number of ether oxygens (including phenoxy) is 3. The molecule has 0 saturated carbocycles. The fourth-order valence-electron chi connectivity index (χ4n) is 3.90. The van der Waals surface area contributed by atoms with Crippen molar-refractivity contribution in [1.29, 1.82) is 0 Å². The number of rotatable bonds is 11. The van der Waals surface area contributed by atoms with Crippen molar-refractivity contribution in [3.8, 4) is 16.3 Å². The van der Waals surface area contributed by atoms with Crippen LogP contribution in [0.3, 0.4) is 0 Å². The normalized spacial score (nSPS) is 15.9. The molecule has 6 nitrogen and oxygen atoms in total. The molecule has 0 spiro atoms. The van der Waals surface area contributed by atoms with Crippen molar-refractivity contribution in [3.05, 3.63) is 64.2 Å². The summed E-state index contributed by atoms with van der Waals surface area (Å²) in [6.45, 7) is 2.48. The number of thioether (sulfide) groups is 1. The zero-order valence-electron chi connectivity index (χ0n) is 20.8. The van der Waals surface area contributed by atoms with Crippen molar-refractivity contribution in [3.63, 3.8) is 0 Å². The first kappa shape index (κ1) is 28.4. The monoisotopic (exact) mass is 567 g/mol. The predicted molar refractivity (Wildman–Crippen MR) is 139 cm³/mol. The number of alkyl halides is 3. The standard InChI is InChI=1S/C27H28F3NO5S2/c1-2-17-13-20(10-11-22(17)35-15-24(32)33)37-16-23-21(14-36-25-5-3-4-12-34-25)31-26(38-23)18-6-8-19(9-7-18)27(28,29)30/h6-11,13,25H,2-5,12,14-16H2,1H3,(H,32,33). The van der Waals surface area contributed by atoms with Gasteiger partial charge in [0.2, 0.25) is 0 Å². The Morgan fingerprint density at radius 2 is 2.00 bits per heavy atom. The number of hydrogen-bond acceptors (Lipinski definition) is 7. The van der Waals surface area contributed by atoms with Gasteiger partial charge in [0.05, 0.1) is 17.9 Å². The van der Waals surface area contributed by atoms with E-state index in [0.717, 1.165) is 52.4 Å². The fourth-order valence-corrected chi connectivity index (χ4v) is 6.03. The third-order valence-corrected chi connectivity index (χ3v) is 8.26. The van der Waals surface area contributed by atoms with Gasteiger partial charge < -0.3 is 19.3 Å². The molecule has 1 atom stereocenters. The minimum atomic E-state index is -4.40. The van der Waals surface area contributed by atoms with Gasteiger partial charge in [0, 0.05) is 27.7 Å². The highest BCUT2D eigenvalue weighted by atomic mass is 32.2. The van der Waals surface area contributed by atoms with E-state index >= 15 is 0 Å². The van der Waals surface area contributed by atoms with Crippen molar-refractivity contribution in [1.82, 2.24) is 4.98 Å². The molecule has 1 unspecified atom stereocenters. The Labute approximate surface area is 227 Å². The predicted octanol–water partition coefficient (Wildman–Crippen LogP) is 7.19. The number of halogens is 3. The molecule has 11 heteroatoms. The number of thiazole rings is 1. The summed E-state index contributed by atoms with van der Waals surface area (Å²) in [7, 11) is 0. The number of carbonyl (C=O) groups is 1. The molecule has 0 amide bonds. The summed E-state index contributed by atoms with van der Waals surface area (Å²) < 4.78 is 56.0. The van der Waals surface area contributed by atoms with E-state index in [4.69, 9.17) is 24.3 Å². The van der Waals surface area contributed by atoms with Crippen molar-refractivity contribution >= 4 is 29.1 Å². The summed E-state index contributed by atoms with van der Waals surface area (Å²) in [5.74, 6) is 0.0946. The maximum Gasteiger partial charge on any atom is 0.416 e. The van der Waals surface area contributed by atoms with Gasteiger partial charge in [0.25, 0.3) is 0 Å². The fraction of sp³-hybridized carbons (Fsp3) is 0.407. The summed E-state index contributed by atoms with van der Waals surface area (Å²) in [5, 5.41) is 9.52. The largest absolute Gasteiger partial charge is 0.482 e. The summed E-state index contributed by atoms with van der Waals surface area (Å²) in [6.07, 6.45) is -1.14. The second-order valence-corrected chi connectivity index (χ2v) is 10.8. The van der Waals surface area contributed by atoms with Crippen LogP contribution in [0.1, 0.15) is 47.9 Å². The van der Waals surface area contributed by atoms with Crippen LogP contribution in [-0.4, -0.2) is 35.6 Å². The van der Waals surface area contributed by atoms with Gasteiger partial charge in [0.1, 0.15) is 10.8 Å². The lowest BCUT2D eigenvalue weighted by Gasteiger charge is -2.22. The van der Waals surface area contributed by atoms with Crippen LogP contribution in [0.25, 0.3) is 10.6 Å². The van der Waals surface area contributed by atoms with Gasteiger partial charge in [-0.25, -0.2) is 9.78 Å². The zero-order chi connectivity index (χ0) is 27.1. The van der Waals surface area contributed by atoms with E-state index in [1.807, 2.05) is 19.1 Å². The molecule has 0 radical (unpaired) electrons. The third-order valence-electron chi connectivity index (χ3n) is 5.92. The highest BCUT2D eigenvalue weighted by Gasteiger charge is 2.30. The molecule has 0 bridgehead atoms. The molecule has 4 rings (SSSR count). The van der Waals surface area contributed by atoms with Crippen molar-refractivity contribution < 1.29 is 37.3 Å². The highest BCUT2D eigenvalue weighted by Crippen LogP contribution is 2.36. The smallest absolute Gasteiger partial charge is 0.416 e. The molecule has 1 N–H and O–H groups in total. The average Bonchev–Trinajstić information content (AvgIpc) is 3.33. The first-order valence-corrected chi connectivity index (χ1v) is 14.0. The second kappa shape index (κ2) is 13.0. The number of hydrogen-bond donors (Lipinski definition) is 1. The first-order chi connectivity index (χ1) is 18.2. The number of aromatic nitrogens is 1. The molecule has 2 heterocycles. The minimum Gasteiger partial charge on any atom is -0.482 e. The lowest BCUT2D eigenvalue weighted by atomic mass is 10.1. The molecule has 3 aromatic rings. The number of aliphatic carboxylic acids is 1. The van der Waals surface area contributed by atoms with Crippen LogP contribution in [0, 0.1) is 0 Å². The lowest BCUT2D eigenvalue weighted by molar-refractivity contribution is -0.169. The van der Waals surface area contributed by atoms with E-state index in [2.05, 4.69) is 0 Å². The molecule has 1 aliphatic rings. The van der Waals surface area contributed by atoms with Gasteiger partial charge in [0.15, 0.2) is 12.9 Å². The van der Waals surface area contributed by atoms with E-state index in [-0.39, 0.29) is 12.9 Å². The maximum absolute atomic E-state index is 13.0. The van der Waals surface area contributed by atoms with Crippen molar-refractivity contribution in [2.75, 3.05) is 13.2 Å². The Hall–Kier alpha value is -2.60. The number of aryl methyl sites for hydroxylation is 1. The highest BCUT2D eigenvalue weighted by molar-refractivity contribution is 7.98. The van der Waals surface area contributed by atoms with Crippen LogP contribution in [0.4, 0.5) is 13.2 Å². The lowest BCUT2D eigenvalue weighted by Crippen LogP contribution is -2.22. The third kappa shape index (κ3) is 7.72. The summed E-state index contributed by atoms with van der Waals surface area (Å²) >= 11 is 3.02. The molecular weight excluding hydrogens is 539 g/mol. The Bertz CT molecular complexity index is 1220. The van der Waals surface area contributed by atoms with E-state index < -0.39 is 24.3 Å². The van der Waals surface area contributed by atoms with Crippen LogP contribution < -0.4 is 4.74 Å². The quantitative estimate of drug-likeness (QED) is 0.246. The molecule has 204 valence electrons. The Balaban J connectivity index is 1.52. The Kier molecular flexibility index (Phi) is 9.69. The molecular formula is C27H28F3NO5S2. The molecule has 2 aromatic carbocycles. The number of carboxylic acids is 1. The summed E-state index contributed by atoms with van der Waals surface area (Å²) in [6, 6.07) is 10.6. The molecule has 1 saturated heterocycles. The van der Waals surface area contributed by atoms with E-state index in [1.54, 1.807) is 17.8 Å².